The van der Waals surface area contributed by atoms with Gasteiger partial charge >= 0.3 is 0 Å². The lowest BCUT2D eigenvalue weighted by molar-refractivity contribution is 0.0840. The Balaban J connectivity index is 2.46. The molecule has 0 amide bonds. The molecule has 2 atom stereocenters. The number of rotatable bonds is 5. The average molecular weight is 239 g/mol. The standard InChI is InChI=1S/C16H33N/c1-12(2)10-17-11-14-7-8-16(5,6)9-15(14)13(3)4/h12-15,17H,7-11H2,1-6H3. The Morgan fingerprint density at radius 3 is 2.35 bits per heavy atom. The fourth-order valence-corrected chi connectivity index (χ4v) is 3.29. The highest BCUT2D eigenvalue weighted by atomic mass is 14.9. The van der Waals surface area contributed by atoms with Gasteiger partial charge in [0.15, 0.2) is 0 Å². The van der Waals surface area contributed by atoms with Crippen LogP contribution in [0.2, 0.25) is 0 Å². The van der Waals surface area contributed by atoms with Crippen LogP contribution in [0.4, 0.5) is 0 Å². The van der Waals surface area contributed by atoms with Crippen LogP contribution in [0.25, 0.3) is 0 Å². The van der Waals surface area contributed by atoms with E-state index in [-0.39, 0.29) is 0 Å². The monoisotopic (exact) mass is 239 g/mol. The highest BCUT2D eigenvalue weighted by molar-refractivity contribution is 4.87. The van der Waals surface area contributed by atoms with Crippen LogP contribution in [-0.2, 0) is 0 Å². The molecular formula is C16H33N. The summed E-state index contributed by atoms with van der Waals surface area (Å²) in [6.07, 6.45) is 4.24. The van der Waals surface area contributed by atoms with Crippen LogP contribution in [-0.4, -0.2) is 13.1 Å². The van der Waals surface area contributed by atoms with E-state index in [0.717, 1.165) is 23.7 Å². The largest absolute Gasteiger partial charge is 0.316 e. The average Bonchev–Trinajstić information content (AvgIpc) is 2.19. The van der Waals surface area contributed by atoms with Crippen molar-refractivity contribution in [2.45, 2.75) is 60.8 Å². The third-order valence-corrected chi connectivity index (χ3v) is 4.40. The lowest BCUT2D eigenvalue weighted by atomic mass is 9.64. The minimum atomic E-state index is 0.573. The third-order valence-electron chi connectivity index (χ3n) is 4.40. The van der Waals surface area contributed by atoms with Gasteiger partial charge in [0.25, 0.3) is 0 Å². The molecule has 1 heteroatoms. The van der Waals surface area contributed by atoms with Gasteiger partial charge in [-0.05, 0) is 61.4 Å². The normalized spacial score (nSPS) is 28.9. The van der Waals surface area contributed by atoms with Gasteiger partial charge in [-0.15, -0.1) is 0 Å². The number of nitrogens with one attached hydrogen (secondary N) is 1. The first-order valence-electron chi connectivity index (χ1n) is 7.52. The molecule has 1 nitrogen and oxygen atoms in total. The zero-order valence-corrected chi connectivity index (χ0v) is 12.8. The topological polar surface area (TPSA) is 12.0 Å². The fraction of sp³-hybridized carbons (Fsp3) is 1.00. The lowest BCUT2D eigenvalue weighted by Crippen LogP contribution is -2.39. The van der Waals surface area contributed by atoms with Crippen LogP contribution in [0.1, 0.15) is 60.8 Å². The van der Waals surface area contributed by atoms with E-state index in [2.05, 4.69) is 46.9 Å². The van der Waals surface area contributed by atoms with Crippen molar-refractivity contribution in [3.63, 3.8) is 0 Å². The smallest absolute Gasteiger partial charge is 0.00176 e. The number of hydrogen-bond donors (Lipinski definition) is 1. The fourth-order valence-electron chi connectivity index (χ4n) is 3.29. The molecule has 1 aliphatic carbocycles. The molecule has 0 aromatic rings. The summed E-state index contributed by atoms with van der Waals surface area (Å²) in [6.45, 7) is 16.7. The molecule has 1 N–H and O–H groups in total. The Hall–Kier alpha value is -0.0400. The molecular weight excluding hydrogens is 206 g/mol. The molecule has 0 radical (unpaired) electrons. The van der Waals surface area contributed by atoms with E-state index < -0.39 is 0 Å². The Kier molecular flexibility index (Phi) is 5.50. The van der Waals surface area contributed by atoms with Crippen molar-refractivity contribution < 1.29 is 0 Å². The SMILES string of the molecule is CC(C)CNCC1CCC(C)(C)CC1C(C)C. The van der Waals surface area contributed by atoms with Gasteiger partial charge in [-0.25, -0.2) is 0 Å². The Labute approximate surface area is 109 Å². The Morgan fingerprint density at radius 1 is 1.18 bits per heavy atom. The molecule has 17 heavy (non-hydrogen) atoms. The second-order valence-electron chi connectivity index (χ2n) is 7.63. The third kappa shape index (κ3) is 4.99. The predicted octanol–water partition coefficient (Wildman–Crippen LogP) is 4.33. The van der Waals surface area contributed by atoms with Crippen molar-refractivity contribution in [3.05, 3.63) is 0 Å². The summed E-state index contributed by atoms with van der Waals surface area (Å²) in [5, 5.41) is 3.67. The van der Waals surface area contributed by atoms with E-state index in [9.17, 15) is 0 Å². The van der Waals surface area contributed by atoms with Gasteiger partial charge in [0.05, 0.1) is 0 Å². The predicted molar refractivity (Wildman–Crippen MR) is 77.2 cm³/mol. The summed E-state index contributed by atoms with van der Waals surface area (Å²) in [7, 11) is 0. The first-order chi connectivity index (χ1) is 7.82. The maximum absolute atomic E-state index is 3.67. The zero-order valence-electron chi connectivity index (χ0n) is 12.8. The molecule has 1 fully saturated rings. The van der Waals surface area contributed by atoms with Crippen molar-refractivity contribution in [1.82, 2.24) is 5.32 Å². The maximum atomic E-state index is 3.67. The molecule has 0 bridgehead atoms. The number of hydrogen-bond acceptors (Lipinski definition) is 1. The molecule has 2 unspecified atom stereocenters. The van der Waals surface area contributed by atoms with Crippen molar-refractivity contribution in [2.75, 3.05) is 13.1 Å². The molecule has 0 aliphatic heterocycles. The van der Waals surface area contributed by atoms with E-state index in [1.54, 1.807) is 0 Å². The van der Waals surface area contributed by atoms with Gasteiger partial charge in [-0.1, -0.05) is 41.5 Å². The second-order valence-corrected chi connectivity index (χ2v) is 7.63. The summed E-state index contributed by atoms with van der Waals surface area (Å²) in [5.74, 6) is 3.42. The van der Waals surface area contributed by atoms with Crippen LogP contribution >= 0.6 is 0 Å². The molecule has 0 spiro atoms. The zero-order chi connectivity index (χ0) is 13.1. The van der Waals surface area contributed by atoms with Crippen LogP contribution in [0.3, 0.4) is 0 Å². The molecule has 0 saturated heterocycles. The minimum Gasteiger partial charge on any atom is -0.316 e. The maximum Gasteiger partial charge on any atom is -0.00176 e. The van der Waals surface area contributed by atoms with Gasteiger partial charge in [0, 0.05) is 0 Å². The summed E-state index contributed by atoms with van der Waals surface area (Å²) >= 11 is 0. The van der Waals surface area contributed by atoms with Crippen LogP contribution in [0, 0.1) is 29.1 Å². The molecule has 1 saturated carbocycles. The van der Waals surface area contributed by atoms with Crippen LogP contribution in [0.15, 0.2) is 0 Å². The van der Waals surface area contributed by atoms with Gasteiger partial charge < -0.3 is 5.32 Å². The molecule has 0 heterocycles. The van der Waals surface area contributed by atoms with Gasteiger partial charge in [0.2, 0.25) is 0 Å². The van der Waals surface area contributed by atoms with E-state index in [1.165, 1.54) is 32.4 Å². The minimum absolute atomic E-state index is 0.573. The van der Waals surface area contributed by atoms with Crippen molar-refractivity contribution in [1.29, 1.82) is 0 Å². The highest BCUT2D eigenvalue weighted by Crippen LogP contribution is 2.44. The first-order valence-corrected chi connectivity index (χ1v) is 7.52. The van der Waals surface area contributed by atoms with Gasteiger partial charge in [-0.3, -0.25) is 0 Å². The lowest BCUT2D eigenvalue weighted by Gasteiger charge is -2.43. The van der Waals surface area contributed by atoms with Crippen LogP contribution < -0.4 is 5.32 Å². The van der Waals surface area contributed by atoms with E-state index in [1.807, 2.05) is 0 Å². The highest BCUT2D eigenvalue weighted by Gasteiger charge is 2.35. The first kappa shape index (κ1) is 15.0. The summed E-state index contributed by atoms with van der Waals surface area (Å²) in [4.78, 5) is 0. The Morgan fingerprint density at radius 2 is 1.82 bits per heavy atom. The van der Waals surface area contributed by atoms with Crippen LogP contribution in [0.5, 0.6) is 0 Å². The Bertz CT molecular complexity index is 218. The molecule has 1 rings (SSSR count). The summed E-state index contributed by atoms with van der Waals surface area (Å²) < 4.78 is 0. The molecule has 0 aromatic carbocycles. The molecule has 0 aromatic heterocycles. The van der Waals surface area contributed by atoms with E-state index in [0.29, 0.717) is 5.41 Å². The van der Waals surface area contributed by atoms with E-state index in [4.69, 9.17) is 0 Å². The molecule has 1 aliphatic rings. The van der Waals surface area contributed by atoms with Gasteiger partial charge in [0.1, 0.15) is 0 Å². The molecule has 102 valence electrons. The summed E-state index contributed by atoms with van der Waals surface area (Å²) in [5.41, 5.74) is 0.573. The van der Waals surface area contributed by atoms with E-state index >= 15 is 0 Å². The second kappa shape index (κ2) is 6.22. The van der Waals surface area contributed by atoms with Crippen molar-refractivity contribution in [3.8, 4) is 0 Å². The van der Waals surface area contributed by atoms with Crippen molar-refractivity contribution in [2.24, 2.45) is 29.1 Å². The quantitative estimate of drug-likeness (QED) is 0.753. The van der Waals surface area contributed by atoms with Crippen molar-refractivity contribution >= 4 is 0 Å². The summed E-state index contributed by atoms with van der Waals surface area (Å²) in [6, 6.07) is 0. The van der Waals surface area contributed by atoms with Gasteiger partial charge in [-0.2, -0.15) is 0 Å².